The van der Waals surface area contributed by atoms with Crippen LogP contribution in [0.1, 0.15) is 15.9 Å². The van der Waals surface area contributed by atoms with Gasteiger partial charge in [-0.05, 0) is 22.6 Å². The van der Waals surface area contributed by atoms with Crippen LogP contribution in [0.15, 0.2) is 59.1 Å². The summed E-state index contributed by atoms with van der Waals surface area (Å²) >= 11 is 3.52. The highest BCUT2D eigenvalue weighted by Crippen LogP contribution is 2.41. The maximum Gasteiger partial charge on any atom is 0.195 e. The molecule has 0 heterocycles. The monoisotopic (exact) mass is 308 g/mol. The van der Waals surface area contributed by atoms with Gasteiger partial charge in [-0.25, -0.2) is 0 Å². The Bertz CT molecular complexity index is 849. The van der Waals surface area contributed by atoms with Crippen molar-refractivity contribution >= 4 is 32.5 Å². The minimum Gasteiger partial charge on any atom is -0.289 e. The molecule has 3 aromatic rings. The molecule has 0 aliphatic heterocycles. The number of benzene rings is 3. The minimum absolute atomic E-state index is 0.103. The summed E-state index contributed by atoms with van der Waals surface area (Å²) < 4.78 is 0.868. The van der Waals surface area contributed by atoms with Gasteiger partial charge in [0.2, 0.25) is 0 Å². The maximum absolute atomic E-state index is 12.7. The maximum atomic E-state index is 12.7. The van der Waals surface area contributed by atoms with Crippen LogP contribution >= 0.6 is 15.9 Å². The van der Waals surface area contributed by atoms with Gasteiger partial charge < -0.3 is 0 Å². The van der Waals surface area contributed by atoms with E-state index in [4.69, 9.17) is 0 Å². The second-order valence-electron chi connectivity index (χ2n) is 4.70. The lowest BCUT2D eigenvalue weighted by Gasteiger charge is -2.20. The van der Waals surface area contributed by atoms with E-state index in [0.717, 1.165) is 37.5 Å². The van der Waals surface area contributed by atoms with Crippen LogP contribution < -0.4 is 0 Å². The number of hydrogen-bond acceptors (Lipinski definition) is 1. The summed E-state index contributed by atoms with van der Waals surface area (Å²) in [5, 5.41) is 2.17. The number of halogens is 1. The Labute approximate surface area is 119 Å². The summed E-state index contributed by atoms with van der Waals surface area (Å²) in [4.78, 5) is 12.7. The van der Waals surface area contributed by atoms with E-state index < -0.39 is 0 Å². The van der Waals surface area contributed by atoms with Crippen LogP contribution in [0.5, 0.6) is 0 Å². The van der Waals surface area contributed by atoms with Crippen LogP contribution in [0.3, 0.4) is 0 Å². The molecule has 1 aliphatic carbocycles. The number of carbonyl (C=O) groups is 1. The lowest BCUT2D eigenvalue weighted by molar-refractivity contribution is 0.103. The van der Waals surface area contributed by atoms with E-state index in [2.05, 4.69) is 28.1 Å². The van der Waals surface area contributed by atoms with Crippen molar-refractivity contribution < 1.29 is 4.79 Å². The molecule has 19 heavy (non-hydrogen) atoms. The second-order valence-corrected chi connectivity index (χ2v) is 5.56. The van der Waals surface area contributed by atoms with E-state index in [0.29, 0.717) is 0 Å². The molecule has 1 aliphatic rings. The third kappa shape index (κ3) is 1.38. The molecule has 0 N–H and O–H groups in total. The molecule has 2 heteroatoms. The van der Waals surface area contributed by atoms with Crippen LogP contribution in [0, 0.1) is 0 Å². The second kappa shape index (κ2) is 3.78. The van der Waals surface area contributed by atoms with Crippen LogP contribution in [0.2, 0.25) is 0 Å². The van der Waals surface area contributed by atoms with Crippen molar-refractivity contribution in [2.75, 3.05) is 0 Å². The van der Waals surface area contributed by atoms with Crippen molar-refractivity contribution in [3.63, 3.8) is 0 Å². The molecule has 0 aromatic heterocycles. The number of carbonyl (C=O) groups excluding carboxylic acids is 1. The predicted molar refractivity (Wildman–Crippen MR) is 80.5 cm³/mol. The van der Waals surface area contributed by atoms with E-state index in [1.165, 1.54) is 0 Å². The lowest BCUT2D eigenvalue weighted by atomic mass is 9.83. The Morgan fingerprint density at radius 3 is 2.32 bits per heavy atom. The van der Waals surface area contributed by atoms with Crippen molar-refractivity contribution in [3.8, 4) is 11.1 Å². The Morgan fingerprint density at radius 1 is 0.737 bits per heavy atom. The lowest BCUT2D eigenvalue weighted by Crippen LogP contribution is -2.10. The Kier molecular flexibility index (Phi) is 2.18. The molecule has 0 radical (unpaired) electrons. The molecule has 0 saturated heterocycles. The smallest absolute Gasteiger partial charge is 0.195 e. The zero-order valence-electron chi connectivity index (χ0n) is 9.98. The van der Waals surface area contributed by atoms with E-state index in [-0.39, 0.29) is 5.78 Å². The van der Waals surface area contributed by atoms with Gasteiger partial charge in [0.05, 0.1) is 0 Å². The standard InChI is InChI=1S/C17H9BrO/c18-14-9-8-10-4-3-7-12-11-5-1-2-6-13(11)17(19)16(14)15(10)12/h1-9H. The summed E-state index contributed by atoms with van der Waals surface area (Å²) in [6.45, 7) is 0. The van der Waals surface area contributed by atoms with Gasteiger partial charge in [-0.3, -0.25) is 4.79 Å². The SMILES string of the molecule is O=C1c2ccccc2-c2cccc3ccc(Br)c1c23. The van der Waals surface area contributed by atoms with Crippen molar-refractivity contribution in [3.05, 3.63) is 70.2 Å². The Hall–Kier alpha value is -1.93. The summed E-state index contributed by atoms with van der Waals surface area (Å²) in [6.07, 6.45) is 0. The number of hydrogen-bond donors (Lipinski definition) is 0. The molecule has 0 bridgehead atoms. The first-order chi connectivity index (χ1) is 9.27. The topological polar surface area (TPSA) is 17.1 Å². The Morgan fingerprint density at radius 2 is 1.47 bits per heavy atom. The molecular weight excluding hydrogens is 300 g/mol. The van der Waals surface area contributed by atoms with E-state index in [1.807, 2.05) is 42.5 Å². The Balaban J connectivity index is 2.30. The molecule has 0 spiro atoms. The summed E-state index contributed by atoms with van der Waals surface area (Å²) in [7, 11) is 0. The first-order valence-electron chi connectivity index (χ1n) is 6.13. The largest absolute Gasteiger partial charge is 0.289 e. The van der Waals surface area contributed by atoms with E-state index in [1.54, 1.807) is 0 Å². The van der Waals surface area contributed by atoms with Gasteiger partial charge in [0.1, 0.15) is 0 Å². The van der Waals surface area contributed by atoms with Gasteiger partial charge in [0.25, 0.3) is 0 Å². The normalized spacial score (nSPS) is 12.6. The zero-order chi connectivity index (χ0) is 13.0. The van der Waals surface area contributed by atoms with Crippen LogP contribution in [0.25, 0.3) is 21.9 Å². The molecule has 0 atom stereocenters. The van der Waals surface area contributed by atoms with Crippen molar-refractivity contribution in [2.24, 2.45) is 0 Å². The predicted octanol–water partition coefficient (Wildman–Crippen LogP) is 4.81. The molecule has 1 nitrogen and oxygen atoms in total. The average molecular weight is 309 g/mol. The van der Waals surface area contributed by atoms with Crippen molar-refractivity contribution in [2.45, 2.75) is 0 Å². The number of fused-ring (bicyclic) bond motifs is 2. The van der Waals surface area contributed by atoms with Gasteiger partial charge in [-0.2, -0.15) is 0 Å². The van der Waals surface area contributed by atoms with Gasteiger partial charge in [-0.15, -0.1) is 0 Å². The highest BCUT2D eigenvalue weighted by Gasteiger charge is 2.26. The molecule has 0 saturated carbocycles. The quantitative estimate of drug-likeness (QED) is 0.455. The van der Waals surface area contributed by atoms with Crippen LogP contribution in [-0.2, 0) is 0 Å². The highest BCUT2D eigenvalue weighted by atomic mass is 79.9. The third-order valence-electron chi connectivity index (χ3n) is 3.68. The fourth-order valence-corrected chi connectivity index (χ4v) is 3.36. The first-order valence-corrected chi connectivity index (χ1v) is 6.92. The molecule has 90 valence electrons. The van der Waals surface area contributed by atoms with Crippen molar-refractivity contribution in [1.29, 1.82) is 0 Å². The van der Waals surface area contributed by atoms with Gasteiger partial charge in [0.15, 0.2) is 5.78 Å². The fraction of sp³-hybridized carbons (Fsp3) is 0. The molecule has 4 rings (SSSR count). The van der Waals surface area contributed by atoms with Crippen LogP contribution in [-0.4, -0.2) is 5.78 Å². The van der Waals surface area contributed by atoms with Crippen molar-refractivity contribution in [1.82, 2.24) is 0 Å². The van der Waals surface area contributed by atoms with E-state index in [9.17, 15) is 4.79 Å². The third-order valence-corrected chi connectivity index (χ3v) is 4.34. The summed E-state index contributed by atoms with van der Waals surface area (Å²) in [5.74, 6) is 0.103. The molecular formula is C17H9BrO. The molecule has 0 fully saturated rings. The molecule has 0 amide bonds. The molecule has 0 unspecified atom stereocenters. The van der Waals surface area contributed by atoms with Gasteiger partial charge >= 0.3 is 0 Å². The molecule has 3 aromatic carbocycles. The first kappa shape index (κ1) is 10.9. The highest BCUT2D eigenvalue weighted by molar-refractivity contribution is 9.10. The average Bonchev–Trinajstić information content (AvgIpc) is 2.45. The number of rotatable bonds is 0. The van der Waals surface area contributed by atoms with Crippen LogP contribution in [0.4, 0.5) is 0 Å². The minimum atomic E-state index is 0.103. The van der Waals surface area contributed by atoms with E-state index >= 15 is 0 Å². The fourth-order valence-electron chi connectivity index (χ4n) is 2.85. The summed E-state index contributed by atoms with van der Waals surface area (Å²) in [6, 6.07) is 18.0. The van der Waals surface area contributed by atoms with Gasteiger partial charge in [0, 0.05) is 21.0 Å². The number of ketones is 1. The zero-order valence-corrected chi connectivity index (χ0v) is 11.6. The summed E-state index contributed by atoms with van der Waals surface area (Å²) in [5.41, 5.74) is 3.74. The van der Waals surface area contributed by atoms with Gasteiger partial charge in [-0.1, -0.05) is 64.5 Å².